The van der Waals surface area contributed by atoms with Crippen LogP contribution in [0.1, 0.15) is 10.4 Å². The van der Waals surface area contributed by atoms with Gasteiger partial charge in [-0.2, -0.15) is 5.10 Å². The van der Waals surface area contributed by atoms with Crippen molar-refractivity contribution in [3.05, 3.63) is 45.7 Å². The fourth-order valence-corrected chi connectivity index (χ4v) is 1.79. The number of carbonyl (C=O) groups excluding carboxylic acids is 1. The Morgan fingerprint density at radius 1 is 1.20 bits per heavy atom. The van der Waals surface area contributed by atoms with Crippen molar-refractivity contribution in [1.82, 2.24) is 9.78 Å². The number of halogens is 5. The fourth-order valence-electron chi connectivity index (χ4n) is 1.44. The topological polar surface area (TPSA) is 46.9 Å². The van der Waals surface area contributed by atoms with E-state index in [1.165, 1.54) is 17.9 Å². The van der Waals surface area contributed by atoms with Crippen molar-refractivity contribution in [2.75, 3.05) is 5.32 Å². The molecule has 0 radical (unpaired) electrons. The Hall–Kier alpha value is -1.90. The van der Waals surface area contributed by atoms with E-state index in [1.54, 1.807) is 5.32 Å². The van der Waals surface area contributed by atoms with Gasteiger partial charge < -0.3 is 5.32 Å². The molecule has 0 aliphatic rings. The molecular formula is C11H6BrF4N3O. The largest absolute Gasteiger partial charge is 0.317 e. The summed E-state index contributed by atoms with van der Waals surface area (Å²) < 4.78 is 54.0. The smallest absolute Gasteiger partial charge is 0.259 e. The first-order chi connectivity index (χ1) is 9.32. The fraction of sp³-hybridized carbons (Fsp3) is 0.0909. The zero-order chi connectivity index (χ0) is 15.0. The van der Waals surface area contributed by atoms with Gasteiger partial charge in [0.2, 0.25) is 0 Å². The van der Waals surface area contributed by atoms with Gasteiger partial charge in [0.05, 0.1) is 16.2 Å². The third kappa shape index (κ3) is 2.40. The molecule has 1 aromatic carbocycles. The molecule has 1 aromatic heterocycles. The van der Waals surface area contributed by atoms with Crippen LogP contribution >= 0.6 is 15.9 Å². The highest BCUT2D eigenvalue weighted by atomic mass is 79.9. The zero-order valence-electron chi connectivity index (χ0n) is 9.85. The van der Waals surface area contributed by atoms with Gasteiger partial charge >= 0.3 is 0 Å². The van der Waals surface area contributed by atoms with E-state index in [4.69, 9.17) is 0 Å². The van der Waals surface area contributed by atoms with Crippen LogP contribution in [-0.2, 0) is 7.05 Å². The molecule has 0 fully saturated rings. The van der Waals surface area contributed by atoms with Crippen molar-refractivity contribution >= 4 is 27.5 Å². The van der Waals surface area contributed by atoms with Crippen molar-refractivity contribution < 1.29 is 22.4 Å². The van der Waals surface area contributed by atoms with E-state index in [0.29, 0.717) is 0 Å². The standard InChI is InChI=1S/C11H6BrF4N3O/c1-19-3-4(2-17-19)11(20)18-10-8(15)6(13)5(12)7(14)9(10)16/h2-3H,1H3,(H,18,20). The Balaban J connectivity index is 2.42. The number of nitrogens with one attached hydrogen (secondary N) is 1. The number of hydrogen-bond acceptors (Lipinski definition) is 2. The number of aromatic nitrogens is 2. The van der Waals surface area contributed by atoms with Gasteiger partial charge in [-0.1, -0.05) is 0 Å². The molecule has 9 heteroatoms. The van der Waals surface area contributed by atoms with Crippen LogP contribution in [0.25, 0.3) is 0 Å². The lowest BCUT2D eigenvalue weighted by atomic mass is 10.2. The molecule has 0 aliphatic carbocycles. The highest BCUT2D eigenvalue weighted by Gasteiger charge is 2.25. The van der Waals surface area contributed by atoms with Crippen molar-refractivity contribution in [3.8, 4) is 0 Å². The minimum atomic E-state index is -1.70. The van der Waals surface area contributed by atoms with Gasteiger partial charge in [-0.3, -0.25) is 9.48 Å². The van der Waals surface area contributed by atoms with Crippen molar-refractivity contribution in [2.45, 2.75) is 0 Å². The summed E-state index contributed by atoms with van der Waals surface area (Å²) in [6.07, 6.45) is 2.41. The molecule has 0 aliphatic heterocycles. The third-order valence-electron chi connectivity index (χ3n) is 2.42. The number of rotatable bonds is 2. The normalized spacial score (nSPS) is 10.7. The van der Waals surface area contributed by atoms with Crippen LogP contribution in [0.2, 0.25) is 0 Å². The van der Waals surface area contributed by atoms with E-state index in [2.05, 4.69) is 21.0 Å². The van der Waals surface area contributed by atoms with Gasteiger partial charge in [0.25, 0.3) is 5.91 Å². The summed E-state index contributed by atoms with van der Waals surface area (Å²) in [5.41, 5.74) is -1.22. The SMILES string of the molecule is Cn1cc(C(=O)Nc2c(F)c(F)c(Br)c(F)c2F)cn1. The lowest BCUT2D eigenvalue weighted by Crippen LogP contribution is -2.15. The van der Waals surface area contributed by atoms with E-state index in [1.807, 2.05) is 0 Å². The molecule has 2 aromatic rings. The van der Waals surface area contributed by atoms with Gasteiger partial charge in [0.15, 0.2) is 23.3 Å². The second-order valence-corrected chi connectivity index (χ2v) is 4.59. The molecule has 1 amide bonds. The number of carbonyl (C=O) groups is 1. The maximum absolute atomic E-state index is 13.5. The summed E-state index contributed by atoms with van der Waals surface area (Å²) in [4.78, 5) is 11.7. The molecule has 106 valence electrons. The van der Waals surface area contributed by atoms with Gasteiger partial charge in [-0.25, -0.2) is 17.6 Å². The molecule has 1 N–H and O–H groups in total. The minimum Gasteiger partial charge on any atom is -0.317 e. The molecular weight excluding hydrogens is 346 g/mol. The number of amides is 1. The molecule has 0 unspecified atom stereocenters. The maximum atomic E-state index is 13.5. The number of hydrogen-bond donors (Lipinski definition) is 1. The van der Waals surface area contributed by atoms with Crippen molar-refractivity contribution in [2.24, 2.45) is 7.05 Å². The number of anilines is 1. The Kier molecular flexibility index (Phi) is 3.80. The van der Waals surface area contributed by atoms with Crippen molar-refractivity contribution in [3.63, 3.8) is 0 Å². The van der Waals surface area contributed by atoms with Crippen molar-refractivity contribution in [1.29, 1.82) is 0 Å². The van der Waals surface area contributed by atoms with E-state index >= 15 is 0 Å². The van der Waals surface area contributed by atoms with E-state index in [-0.39, 0.29) is 5.56 Å². The molecule has 0 saturated heterocycles. The zero-order valence-corrected chi connectivity index (χ0v) is 11.4. The lowest BCUT2D eigenvalue weighted by molar-refractivity contribution is 0.102. The van der Waals surface area contributed by atoms with Gasteiger partial charge in [0.1, 0.15) is 5.69 Å². The summed E-state index contributed by atoms with van der Waals surface area (Å²) in [7, 11) is 1.52. The Bertz CT molecular complexity index is 672. The highest BCUT2D eigenvalue weighted by molar-refractivity contribution is 9.10. The Morgan fingerprint density at radius 3 is 2.20 bits per heavy atom. The van der Waals surface area contributed by atoms with Crippen LogP contribution in [0, 0.1) is 23.3 Å². The van der Waals surface area contributed by atoms with Gasteiger partial charge in [-0.15, -0.1) is 0 Å². The van der Waals surface area contributed by atoms with Gasteiger partial charge in [0, 0.05) is 13.2 Å². The number of aryl methyl sites for hydroxylation is 1. The quantitative estimate of drug-likeness (QED) is 0.513. The average Bonchev–Trinajstić information content (AvgIpc) is 2.85. The predicted molar refractivity (Wildman–Crippen MR) is 65.1 cm³/mol. The second-order valence-electron chi connectivity index (χ2n) is 3.80. The molecule has 0 spiro atoms. The molecule has 0 bridgehead atoms. The maximum Gasteiger partial charge on any atom is 0.259 e. The third-order valence-corrected chi connectivity index (χ3v) is 3.11. The number of nitrogens with zero attached hydrogens (tertiary/aromatic N) is 2. The second kappa shape index (κ2) is 5.23. The Morgan fingerprint density at radius 2 is 1.75 bits per heavy atom. The summed E-state index contributed by atoms with van der Waals surface area (Å²) in [6, 6.07) is 0. The van der Waals surface area contributed by atoms with E-state index in [9.17, 15) is 22.4 Å². The first-order valence-electron chi connectivity index (χ1n) is 5.14. The monoisotopic (exact) mass is 351 g/mol. The minimum absolute atomic E-state index is 0.0185. The molecule has 4 nitrogen and oxygen atoms in total. The molecule has 20 heavy (non-hydrogen) atoms. The lowest BCUT2D eigenvalue weighted by Gasteiger charge is -2.09. The van der Waals surface area contributed by atoms with Crippen LogP contribution in [-0.4, -0.2) is 15.7 Å². The predicted octanol–water partition coefficient (Wildman–Crippen LogP) is 2.99. The Labute approximate surface area is 118 Å². The highest BCUT2D eigenvalue weighted by Crippen LogP contribution is 2.31. The molecule has 0 saturated carbocycles. The van der Waals surface area contributed by atoms with Crippen LogP contribution in [0.5, 0.6) is 0 Å². The summed E-state index contributed by atoms with van der Waals surface area (Å²) in [6.45, 7) is 0. The van der Waals surface area contributed by atoms with Crippen LogP contribution in [0.15, 0.2) is 16.9 Å². The molecule has 0 atom stereocenters. The number of benzene rings is 1. The summed E-state index contributed by atoms with van der Waals surface area (Å²) >= 11 is 2.37. The van der Waals surface area contributed by atoms with E-state index < -0.39 is 39.3 Å². The average molecular weight is 352 g/mol. The van der Waals surface area contributed by atoms with Gasteiger partial charge in [-0.05, 0) is 15.9 Å². The molecule has 2 rings (SSSR count). The summed E-state index contributed by atoms with van der Waals surface area (Å²) in [5.74, 6) is -7.62. The van der Waals surface area contributed by atoms with Crippen LogP contribution in [0.3, 0.4) is 0 Å². The van der Waals surface area contributed by atoms with Crippen LogP contribution in [0.4, 0.5) is 23.2 Å². The summed E-state index contributed by atoms with van der Waals surface area (Å²) in [5, 5.41) is 5.46. The van der Waals surface area contributed by atoms with Crippen LogP contribution < -0.4 is 5.32 Å². The first kappa shape index (κ1) is 14.5. The first-order valence-corrected chi connectivity index (χ1v) is 5.93. The van der Waals surface area contributed by atoms with E-state index in [0.717, 1.165) is 6.20 Å². The molecule has 1 heterocycles.